The SMILES string of the molecule is COCC(O)(c1ccccc1)c1cccc(OC)c1. The number of ether oxygens (including phenoxy) is 2. The molecular weight excluding hydrogens is 240 g/mol. The molecule has 0 bridgehead atoms. The Labute approximate surface area is 113 Å². The second kappa shape index (κ2) is 5.87. The minimum atomic E-state index is -1.18. The van der Waals surface area contributed by atoms with E-state index in [1.807, 2.05) is 54.6 Å². The van der Waals surface area contributed by atoms with Gasteiger partial charge in [-0.3, -0.25) is 0 Å². The third kappa shape index (κ3) is 2.78. The lowest BCUT2D eigenvalue weighted by atomic mass is 9.87. The maximum atomic E-state index is 11.0. The van der Waals surface area contributed by atoms with Crippen LogP contribution in [0.3, 0.4) is 0 Å². The van der Waals surface area contributed by atoms with Gasteiger partial charge in [0.1, 0.15) is 11.4 Å². The minimum Gasteiger partial charge on any atom is -0.497 e. The normalized spacial score (nSPS) is 13.8. The van der Waals surface area contributed by atoms with Crippen LogP contribution in [0.5, 0.6) is 5.75 Å². The van der Waals surface area contributed by atoms with Crippen LogP contribution in [0.1, 0.15) is 11.1 Å². The summed E-state index contributed by atoms with van der Waals surface area (Å²) < 4.78 is 10.4. The van der Waals surface area contributed by atoms with Crippen molar-refractivity contribution < 1.29 is 14.6 Å². The van der Waals surface area contributed by atoms with E-state index in [4.69, 9.17) is 9.47 Å². The van der Waals surface area contributed by atoms with Gasteiger partial charge in [0, 0.05) is 7.11 Å². The first-order chi connectivity index (χ1) is 9.20. The van der Waals surface area contributed by atoms with Crippen molar-refractivity contribution in [2.24, 2.45) is 0 Å². The number of hydrogen-bond donors (Lipinski definition) is 1. The van der Waals surface area contributed by atoms with Crippen molar-refractivity contribution in [2.45, 2.75) is 5.60 Å². The van der Waals surface area contributed by atoms with E-state index in [0.29, 0.717) is 5.75 Å². The van der Waals surface area contributed by atoms with Gasteiger partial charge in [-0.1, -0.05) is 42.5 Å². The lowest BCUT2D eigenvalue weighted by molar-refractivity contribution is -0.00340. The third-order valence-corrected chi connectivity index (χ3v) is 3.15. The maximum absolute atomic E-state index is 11.0. The second-order valence-electron chi connectivity index (χ2n) is 4.39. The van der Waals surface area contributed by atoms with E-state index >= 15 is 0 Å². The molecule has 1 atom stereocenters. The number of hydrogen-bond acceptors (Lipinski definition) is 3. The average molecular weight is 258 g/mol. The highest BCUT2D eigenvalue weighted by atomic mass is 16.5. The van der Waals surface area contributed by atoms with Crippen molar-refractivity contribution in [3.05, 3.63) is 65.7 Å². The zero-order valence-corrected chi connectivity index (χ0v) is 11.2. The van der Waals surface area contributed by atoms with Crippen LogP contribution < -0.4 is 4.74 Å². The molecule has 0 aliphatic heterocycles. The monoisotopic (exact) mass is 258 g/mol. The molecule has 0 fully saturated rings. The summed E-state index contributed by atoms with van der Waals surface area (Å²) >= 11 is 0. The molecule has 1 unspecified atom stereocenters. The first kappa shape index (κ1) is 13.6. The molecule has 2 aromatic carbocycles. The van der Waals surface area contributed by atoms with Crippen molar-refractivity contribution in [3.8, 4) is 5.75 Å². The van der Waals surface area contributed by atoms with Crippen LogP contribution in [0.15, 0.2) is 54.6 Å². The number of aliphatic hydroxyl groups is 1. The van der Waals surface area contributed by atoms with E-state index in [1.54, 1.807) is 14.2 Å². The van der Waals surface area contributed by atoms with Gasteiger partial charge in [0.2, 0.25) is 0 Å². The van der Waals surface area contributed by atoms with Gasteiger partial charge in [0.05, 0.1) is 13.7 Å². The average Bonchev–Trinajstić information content (AvgIpc) is 2.48. The molecule has 100 valence electrons. The van der Waals surface area contributed by atoms with E-state index < -0.39 is 5.60 Å². The third-order valence-electron chi connectivity index (χ3n) is 3.15. The van der Waals surface area contributed by atoms with Crippen LogP contribution in [0.2, 0.25) is 0 Å². The van der Waals surface area contributed by atoms with Gasteiger partial charge < -0.3 is 14.6 Å². The van der Waals surface area contributed by atoms with Crippen molar-refractivity contribution in [2.75, 3.05) is 20.8 Å². The molecule has 0 heterocycles. The quantitative estimate of drug-likeness (QED) is 0.896. The molecule has 0 amide bonds. The van der Waals surface area contributed by atoms with Gasteiger partial charge in [-0.25, -0.2) is 0 Å². The smallest absolute Gasteiger partial charge is 0.138 e. The Balaban J connectivity index is 2.49. The first-order valence-electron chi connectivity index (χ1n) is 6.12. The molecule has 0 aliphatic rings. The van der Waals surface area contributed by atoms with Crippen LogP contribution in [-0.2, 0) is 10.3 Å². The van der Waals surface area contributed by atoms with E-state index in [9.17, 15) is 5.11 Å². The molecule has 0 radical (unpaired) electrons. The van der Waals surface area contributed by atoms with Gasteiger partial charge >= 0.3 is 0 Å². The fourth-order valence-electron chi connectivity index (χ4n) is 2.14. The number of rotatable bonds is 5. The number of methoxy groups -OCH3 is 2. The summed E-state index contributed by atoms with van der Waals surface area (Å²) in [5.41, 5.74) is 0.370. The Morgan fingerprint density at radius 3 is 2.26 bits per heavy atom. The number of benzene rings is 2. The van der Waals surface area contributed by atoms with Crippen LogP contribution in [-0.4, -0.2) is 25.9 Å². The largest absolute Gasteiger partial charge is 0.497 e. The minimum absolute atomic E-state index is 0.185. The molecule has 3 heteroatoms. The molecule has 0 aliphatic carbocycles. The van der Waals surface area contributed by atoms with Crippen molar-refractivity contribution in [3.63, 3.8) is 0 Å². The fourth-order valence-corrected chi connectivity index (χ4v) is 2.14. The van der Waals surface area contributed by atoms with Gasteiger partial charge in [-0.2, -0.15) is 0 Å². The molecule has 2 aromatic rings. The predicted octanol–water partition coefficient (Wildman–Crippen LogP) is 2.58. The van der Waals surface area contributed by atoms with Crippen LogP contribution in [0.25, 0.3) is 0 Å². The van der Waals surface area contributed by atoms with E-state index in [1.165, 1.54) is 0 Å². The van der Waals surface area contributed by atoms with Gasteiger partial charge in [0.25, 0.3) is 0 Å². The Kier molecular flexibility index (Phi) is 4.20. The summed E-state index contributed by atoms with van der Waals surface area (Å²) in [5.74, 6) is 0.711. The first-order valence-corrected chi connectivity index (χ1v) is 6.12. The highest BCUT2D eigenvalue weighted by molar-refractivity contribution is 5.40. The van der Waals surface area contributed by atoms with Gasteiger partial charge in [0.15, 0.2) is 0 Å². The summed E-state index contributed by atoms with van der Waals surface area (Å²) in [4.78, 5) is 0. The predicted molar refractivity (Wildman–Crippen MR) is 74.3 cm³/mol. The van der Waals surface area contributed by atoms with Crippen molar-refractivity contribution >= 4 is 0 Å². The maximum Gasteiger partial charge on any atom is 0.138 e. The molecule has 0 spiro atoms. The van der Waals surface area contributed by atoms with Gasteiger partial charge in [-0.05, 0) is 23.3 Å². The molecule has 3 nitrogen and oxygen atoms in total. The Morgan fingerprint density at radius 1 is 0.947 bits per heavy atom. The molecule has 2 rings (SSSR count). The Hall–Kier alpha value is -1.84. The summed E-state index contributed by atoms with van der Waals surface area (Å²) in [6, 6.07) is 16.9. The molecule has 0 saturated carbocycles. The Morgan fingerprint density at radius 2 is 1.63 bits per heavy atom. The Bertz CT molecular complexity index is 525. The highest BCUT2D eigenvalue weighted by Crippen LogP contribution is 2.31. The molecule has 0 aromatic heterocycles. The van der Waals surface area contributed by atoms with E-state index in [0.717, 1.165) is 11.1 Å². The summed E-state index contributed by atoms with van der Waals surface area (Å²) in [5, 5.41) is 11.0. The van der Waals surface area contributed by atoms with Crippen molar-refractivity contribution in [1.29, 1.82) is 0 Å². The van der Waals surface area contributed by atoms with E-state index in [-0.39, 0.29) is 6.61 Å². The molecule has 0 saturated heterocycles. The fraction of sp³-hybridized carbons (Fsp3) is 0.250. The molecular formula is C16H18O3. The zero-order chi connectivity index (χ0) is 13.7. The topological polar surface area (TPSA) is 38.7 Å². The molecule has 1 N–H and O–H groups in total. The van der Waals surface area contributed by atoms with Crippen LogP contribution in [0, 0.1) is 0 Å². The lowest BCUT2D eigenvalue weighted by Gasteiger charge is -2.28. The highest BCUT2D eigenvalue weighted by Gasteiger charge is 2.31. The van der Waals surface area contributed by atoms with Crippen LogP contribution >= 0.6 is 0 Å². The summed E-state index contributed by atoms with van der Waals surface area (Å²) in [7, 11) is 3.19. The van der Waals surface area contributed by atoms with E-state index in [2.05, 4.69) is 0 Å². The standard InChI is InChI=1S/C16H18O3/c1-18-12-16(17,13-7-4-3-5-8-13)14-9-6-10-15(11-14)19-2/h3-11,17H,12H2,1-2H3. The van der Waals surface area contributed by atoms with Crippen molar-refractivity contribution in [1.82, 2.24) is 0 Å². The second-order valence-corrected chi connectivity index (χ2v) is 4.39. The van der Waals surface area contributed by atoms with Crippen LogP contribution in [0.4, 0.5) is 0 Å². The lowest BCUT2D eigenvalue weighted by Crippen LogP contribution is -2.32. The summed E-state index contributed by atoms with van der Waals surface area (Å²) in [6.45, 7) is 0.185. The summed E-state index contributed by atoms with van der Waals surface area (Å²) in [6.07, 6.45) is 0. The molecule has 19 heavy (non-hydrogen) atoms. The zero-order valence-electron chi connectivity index (χ0n) is 11.2. The van der Waals surface area contributed by atoms with Gasteiger partial charge in [-0.15, -0.1) is 0 Å².